The Morgan fingerprint density at radius 2 is 2.00 bits per heavy atom. The molecule has 2 heteroatoms. The largest absolute Gasteiger partial charge is 0.234 e. The van der Waals surface area contributed by atoms with Crippen molar-refractivity contribution in [2.75, 3.05) is 14.1 Å². The van der Waals surface area contributed by atoms with Crippen molar-refractivity contribution in [2.24, 2.45) is 5.92 Å². The van der Waals surface area contributed by atoms with Gasteiger partial charge in [-0.15, -0.1) is 11.3 Å². The van der Waals surface area contributed by atoms with Gasteiger partial charge in [0, 0.05) is 6.08 Å². The topological polar surface area (TPSA) is 3.01 Å². The molecule has 1 fully saturated rings. The van der Waals surface area contributed by atoms with Crippen LogP contribution < -0.4 is 0 Å². The van der Waals surface area contributed by atoms with Crippen molar-refractivity contribution < 1.29 is 4.58 Å². The van der Waals surface area contributed by atoms with Crippen molar-refractivity contribution >= 4 is 17.0 Å². The van der Waals surface area contributed by atoms with Crippen LogP contribution in [0.3, 0.4) is 0 Å². The summed E-state index contributed by atoms with van der Waals surface area (Å²) in [6, 6.07) is 4.35. The summed E-state index contributed by atoms with van der Waals surface area (Å²) in [5.41, 5.74) is 5.94. The van der Waals surface area contributed by atoms with Crippen LogP contribution in [0.4, 0.5) is 0 Å². The van der Waals surface area contributed by atoms with Gasteiger partial charge >= 0.3 is 0 Å². The molecule has 1 aromatic heterocycles. The molecule has 0 spiro atoms. The first-order chi connectivity index (χ1) is 9.49. The Balaban J connectivity index is 2.32. The minimum atomic E-state index is 0.819. The molecule has 0 atom stereocenters. The normalized spacial score (nSPS) is 15.2. The SMILES string of the molecule is CC(C)=C(C)C/C(=C/C(c1cccs1)=[N+](C)C)C1CC1. The molecule has 108 valence electrons. The molecule has 1 aliphatic carbocycles. The summed E-state index contributed by atoms with van der Waals surface area (Å²) in [5.74, 6) is 0.819. The van der Waals surface area contributed by atoms with Crippen LogP contribution in [-0.2, 0) is 0 Å². The van der Waals surface area contributed by atoms with Crippen molar-refractivity contribution in [2.45, 2.75) is 40.0 Å². The second-order valence-corrected chi connectivity index (χ2v) is 7.16. The lowest BCUT2D eigenvalue weighted by Gasteiger charge is -2.09. The van der Waals surface area contributed by atoms with Gasteiger partial charge in [0.1, 0.15) is 14.1 Å². The molecule has 0 N–H and O–H groups in total. The van der Waals surface area contributed by atoms with Crippen LogP contribution in [0, 0.1) is 5.92 Å². The second-order valence-electron chi connectivity index (χ2n) is 6.21. The zero-order valence-corrected chi connectivity index (χ0v) is 14.2. The first-order valence-corrected chi connectivity index (χ1v) is 8.28. The summed E-state index contributed by atoms with van der Waals surface area (Å²) in [6.45, 7) is 6.71. The lowest BCUT2D eigenvalue weighted by atomic mass is 9.98. The van der Waals surface area contributed by atoms with Gasteiger partial charge in [-0.1, -0.05) is 22.8 Å². The van der Waals surface area contributed by atoms with Crippen molar-refractivity contribution in [3.63, 3.8) is 0 Å². The van der Waals surface area contributed by atoms with Gasteiger partial charge in [-0.2, -0.15) is 0 Å². The van der Waals surface area contributed by atoms with Crippen molar-refractivity contribution in [1.29, 1.82) is 0 Å². The number of allylic oxidation sites excluding steroid dienone is 4. The Hall–Kier alpha value is -1.15. The third-order valence-electron chi connectivity index (χ3n) is 4.00. The quantitative estimate of drug-likeness (QED) is 0.412. The smallest absolute Gasteiger partial charge is 0.216 e. The number of thiophene rings is 1. The maximum atomic E-state index is 2.44. The summed E-state index contributed by atoms with van der Waals surface area (Å²) < 4.78 is 2.24. The molecule has 1 aliphatic rings. The summed E-state index contributed by atoms with van der Waals surface area (Å²) in [5, 5.41) is 2.16. The first-order valence-electron chi connectivity index (χ1n) is 7.40. The first kappa shape index (κ1) is 15.2. The molecule has 0 unspecified atom stereocenters. The van der Waals surface area contributed by atoms with E-state index in [0.29, 0.717) is 0 Å². The van der Waals surface area contributed by atoms with Crippen LogP contribution in [0.1, 0.15) is 44.9 Å². The van der Waals surface area contributed by atoms with Crippen LogP contribution in [0.2, 0.25) is 0 Å². The Labute approximate surface area is 127 Å². The lowest BCUT2D eigenvalue weighted by Crippen LogP contribution is -2.12. The molecule has 0 bridgehead atoms. The van der Waals surface area contributed by atoms with E-state index >= 15 is 0 Å². The predicted octanol–water partition coefficient (Wildman–Crippen LogP) is 4.89. The molecule has 1 aromatic rings. The molecule has 0 aliphatic heterocycles. The van der Waals surface area contributed by atoms with E-state index in [1.165, 1.54) is 34.6 Å². The van der Waals surface area contributed by atoms with Crippen LogP contribution in [0.5, 0.6) is 0 Å². The minimum Gasteiger partial charge on any atom is -0.234 e. The molecule has 0 radical (unpaired) electrons. The molecule has 20 heavy (non-hydrogen) atoms. The molecule has 1 heterocycles. The molecular weight excluding hydrogens is 262 g/mol. The number of hydrogen-bond donors (Lipinski definition) is 0. The highest BCUT2D eigenvalue weighted by atomic mass is 32.1. The zero-order valence-electron chi connectivity index (χ0n) is 13.4. The van der Waals surface area contributed by atoms with Crippen molar-refractivity contribution in [1.82, 2.24) is 0 Å². The standard InChI is InChI=1S/C18H26NS/c1-13(2)14(3)11-16(15-8-9-15)12-17(19(4)5)18-7-6-10-20-18/h6-7,10,12,15H,8-9,11H2,1-5H3/q+1/b16-12-. The van der Waals surface area contributed by atoms with Crippen LogP contribution in [-0.4, -0.2) is 24.4 Å². The molecular formula is C18H26NS+. The van der Waals surface area contributed by atoms with Crippen molar-refractivity contribution in [3.8, 4) is 0 Å². The number of rotatable bonds is 5. The van der Waals surface area contributed by atoms with E-state index in [4.69, 9.17) is 0 Å². The predicted molar refractivity (Wildman–Crippen MR) is 90.0 cm³/mol. The van der Waals surface area contributed by atoms with E-state index in [9.17, 15) is 0 Å². The molecule has 0 aromatic carbocycles. The summed E-state index contributed by atoms with van der Waals surface area (Å²) in [7, 11) is 4.29. The maximum Gasteiger partial charge on any atom is 0.216 e. The summed E-state index contributed by atoms with van der Waals surface area (Å²) in [4.78, 5) is 1.36. The highest BCUT2D eigenvalue weighted by Crippen LogP contribution is 2.40. The van der Waals surface area contributed by atoms with Gasteiger partial charge in [-0.3, -0.25) is 0 Å². The van der Waals surface area contributed by atoms with Gasteiger partial charge in [0.15, 0.2) is 0 Å². The second kappa shape index (κ2) is 6.53. The zero-order chi connectivity index (χ0) is 14.7. The van der Waals surface area contributed by atoms with Gasteiger partial charge in [0.25, 0.3) is 0 Å². The molecule has 1 saturated carbocycles. The van der Waals surface area contributed by atoms with Gasteiger partial charge in [0.05, 0.1) is 4.88 Å². The van der Waals surface area contributed by atoms with E-state index < -0.39 is 0 Å². The number of hydrogen-bond acceptors (Lipinski definition) is 1. The van der Waals surface area contributed by atoms with E-state index in [-0.39, 0.29) is 0 Å². The highest BCUT2D eigenvalue weighted by Gasteiger charge is 2.27. The average molecular weight is 288 g/mol. The Kier molecular flexibility index (Phi) is 4.98. The Bertz CT molecular complexity index is 546. The Morgan fingerprint density at radius 1 is 1.30 bits per heavy atom. The Morgan fingerprint density at radius 3 is 2.45 bits per heavy atom. The van der Waals surface area contributed by atoms with Crippen LogP contribution in [0.25, 0.3) is 0 Å². The van der Waals surface area contributed by atoms with Crippen LogP contribution in [0.15, 0.2) is 40.3 Å². The van der Waals surface area contributed by atoms with E-state index in [2.05, 4.69) is 63.0 Å². The maximum absolute atomic E-state index is 2.44. The average Bonchev–Trinajstić information content (AvgIpc) is 3.09. The monoisotopic (exact) mass is 288 g/mol. The molecule has 2 rings (SSSR count). The molecule has 1 nitrogen and oxygen atoms in total. The van der Waals surface area contributed by atoms with Gasteiger partial charge in [-0.25, -0.2) is 4.58 Å². The van der Waals surface area contributed by atoms with E-state index in [1.807, 2.05) is 11.3 Å². The van der Waals surface area contributed by atoms with Gasteiger partial charge in [0.2, 0.25) is 5.71 Å². The molecule has 0 amide bonds. The van der Waals surface area contributed by atoms with E-state index in [1.54, 1.807) is 5.57 Å². The van der Waals surface area contributed by atoms with E-state index in [0.717, 1.165) is 12.3 Å². The summed E-state index contributed by atoms with van der Waals surface area (Å²) in [6.07, 6.45) is 6.31. The van der Waals surface area contributed by atoms with Crippen LogP contribution >= 0.6 is 11.3 Å². The third-order valence-corrected chi connectivity index (χ3v) is 4.89. The third kappa shape index (κ3) is 3.92. The fourth-order valence-electron chi connectivity index (χ4n) is 2.27. The van der Waals surface area contributed by atoms with Crippen molar-refractivity contribution in [3.05, 3.63) is 45.2 Å². The highest BCUT2D eigenvalue weighted by molar-refractivity contribution is 7.12. The van der Waals surface area contributed by atoms with Gasteiger partial charge < -0.3 is 0 Å². The fourth-order valence-corrected chi connectivity index (χ4v) is 3.09. The lowest BCUT2D eigenvalue weighted by molar-refractivity contribution is -0.462. The minimum absolute atomic E-state index is 0.819. The summed E-state index contributed by atoms with van der Waals surface area (Å²) >= 11 is 1.82. The van der Waals surface area contributed by atoms with Gasteiger partial charge in [-0.05, 0) is 57.4 Å². The fraction of sp³-hybridized carbons (Fsp3) is 0.500. The number of nitrogens with zero attached hydrogens (tertiary/aromatic N) is 1. The molecule has 0 saturated heterocycles.